The third-order valence-electron chi connectivity index (χ3n) is 4.60. The van der Waals surface area contributed by atoms with E-state index in [1.807, 2.05) is 0 Å². The van der Waals surface area contributed by atoms with Gasteiger partial charge >= 0.3 is 0 Å². The molecule has 1 aromatic rings. The highest BCUT2D eigenvalue weighted by Gasteiger charge is 2.31. The van der Waals surface area contributed by atoms with Gasteiger partial charge in [-0.3, -0.25) is 10.00 Å². The molecule has 0 radical (unpaired) electrons. The zero-order chi connectivity index (χ0) is 14.9. The van der Waals surface area contributed by atoms with E-state index in [2.05, 4.69) is 15.1 Å². The van der Waals surface area contributed by atoms with Crippen LogP contribution in [0.4, 0.5) is 0 Å². The Morgan fingerprint density at radius 1 is 1.33 bits per heavy atom. The molecule has 0 bridgehead atoms. The van der Waals surface area contributed by atoms with Gasteiger partial charge in [0.05, 0.1) is 11.9 Å². The molecule has 0 aliphatic carbocycles. The molecule has 3 heterocycles. The number of aromatic amines is 1. The van der Waals surface area contributed by atoms with E-state index in [1.54, 1.807) is 0 Å². The molecule has 1 aromatic heterocycles. The molecule has 1 atom stereocenters. The Morgan fingerprint density at radius 3 is 2.81 bits per heavy atom. The van der Waals surface area contributed by atoms with Crippen LogP contribution >= 0.6 is 0 Å². The highest BCUT2D eigenvalue weighted by molar-refractivity contribution is 7.90. The van der Waals surface area contributed by atoms with Crippen molar-refractivity contribution in [2.24, 2.45) is 0 Å². The predicted molar refractivity (Wildman–Crippen MR) is 79.1 cm³/mol. The Labute approximate surface area is 125 Å². The van der Waals surface area contributed by atoms with Crippen molar-refractivity contribution in [3.05, 3.63) is 11.9 Å². The predicted octanol–water partition coefficient (Wildman–Crippen LogP) is 1.17. The fraction of sp³-hybridized carbons (Fsp3) is 0.786. The lowest BCUT2D eigenvalue weighted by molar-refractivity contribution is 0.0236. The number of rotatable bonds is 3. The maximum absolute atomic E-state index is 11.9. The number of H-pyrrole nitrogens is 1. The fourth-order valence-corrected chi connectivity index (χ4v) is 4.35. The summed E-state index contributed by atoms with van der Waals surface area (Å²) in [5.74, 6) is 0.230. The van der Waals surface area contributed by atoms with E-state index >= 15 is 0 Å². The van der Waals surface area contributed by atoms with Crippen LogP contribution in [0, 0.1) is 0 Å². The molecule has 7 heteroatoms. The lowest BCUT2D eigenvalue weighted by atomic mass is 9.92. The van der Waals surface area contributed by atoms with E-state index in [4.69, 9.17) is 4.74 Å². The van der Waals surface area contributed by atoms with Crippen LogP contribution in [-0.4, -0.2) is 62.1 Å². The Morgan fingerprint density at radius 2 is 2.10 bits per heavy atom. The number of nitrogens with zero attached hydrogens (tertiary/aromatic N) is 2. The van der Waals surface area contributed by atoms with Crippen LogP contribution in [0.15, 0.2) is 11.1 Å². The third-order valence-corrected chi connectivity index (χ3v) is 5.72. The zero-order valence-corrected chi connectivity index (χ0v) is 13.2. The minimum absolute atomic E-state index is 0.230. The summed E-state index contributed by atoms with van der Waals surface area (Å²) in [6.45, 7) is 3.69. The summed E-state index contributed by atoms with van der Waals surface area (Å²) < 4.78 is 29.1. The van der Waals surface area contributed by atoms with Gasteiger partial charge in [-0.05, 0) is 32.2 Å². The lowest BCUT2D eigenvalue weighted by Gasteiger charge is -2.39. The largest absolute Gasteiger partial charge is 0.381 e. The van der Waals surface area contributed by atoms with Crippen LogP contribution < -0.4 is 0 Å². The molecule has 2 saturated heterocycles. The molecular formula is C14H23N3O3S. The number of sulfone groups is 1. The molecule has 6 nitrogen and oxygen atoms in total. The second kappa shape index (κ2) is 6.06. The van der Waals surface area contributed by atoms with E-state index in [1.165, 1.54) is 12.5 Å². The standard InChI is InChI=1S/C14H23N3O3S/c1-21(18,19)13-9-15-16-14(13)11-3-2-6-17(10-11)12-4-7-20-8-5-12/h9,11-12H,2-8,10H2,1H3,(H,15,16). The molecule has 2 aliphatic heterocycles. The van der Waals surface area contributed by atoms with E-state index in [9.17, 15) is 8.42 Å². The van der Waals surface area contributed by atoms with E-state index in [0.29, 0.717) is 10.9 Å². The summed E-state index contributed by atoms with van der Waals surface area (Å²) in [5, 5.41) is 6.88. The SMILES string of the molecule is CS(=O)(=O)c1cn[nH]c1C1CCCN(C2CCOCC2)C1. The van der Waals surface area contributed by atoms with E-state index < -0.39 is 9.84 Å². The van der Waals surface area contributed by atoms with Gasteiger partial charge < -0.3 is 4.74 Å². The average molecular weight is 313 g/mol. The van der Waals surface area contributed by atoms with E-state index in [-0.39, 0.29) is 5.92 Å². The maximum Gasteiger partial charge on any atom is 0.178 e. The first kappa shape index (κ1) is 15.0. The molecule has 0 saturated carbocycles. The van der Waals surface area contributed by atoms with E-state index in [0.717, 1.165) is 57.7 Å². The zero-order valence-electron chi connectivity index (χ0n) is 12.4. The minimum atomic E-state index is -3.21. The van der Waals surface area contributed by atoms with Gasteiger partial charge in [0.15, 0.2) is 9.84 Å². The van der Waals surface area contributed by atoms with Crippen molar-refractivity contribution in [3.8, 4) is 0 Å². The van der Waals surface area contributed by atoms with Crippen LogP contribution in [-0.2, 0) is 14.6 Å². The number of likely N-dealkylation sites (tertiary alicyclic amines) is 1. The van der Waals surface area contributed by atoms with Crippen molar-refractivity contribution >= 4 is 9.84 Å². The number of nitrogens with one attached hydrogen (secondary N) is 1. The smallest absolute Gasteiger partial charge is 0.178 e. The number of hydrogen-bond donors (Lipinski definition) is 1. The van der Waals surface area contributed by atoms with Gasteiger partial charge in [0.25, 0.3) is 0 Å². The minimum Gasteiger partial charge on any atom is -0.381 e. The second-order valence-electron chi connectivity index (χ2n) is 6.10. The lowest BCUT2D eigenvalue weighted by Crippen LogP contribution is -2.44. The molecule has 118 valence electrons. The van der Waals surface area contributed by atoms with Crippen molar-refractivity contribution in [2.75, 3.05) is 32.6 Å². The molecule has 1 N–H and O–H groups in total. The van der Waals surface area contributed by atoms with Gasteiger partial charge in [0.2, 0.25) is 0 Å². The summed E-state index contributed by atoms with van der Waals surface area (Å²) in [6, 6.07) is 0.575. The molecule has 2 aliphatic rings. The fourth-order valence-electron chi connectivity index (χ4n) is 3.50. The Balaban J connectivity index is 1.76. The highest BCUT2D eigenvalue weighted by Crippen LogP contribution is 2.31. The number of hydrogen-bond acceptors (Lipinski definition) is 5. The molecular weight excluding hydrogens is 290 g/mol. The van der Waals surface area contributed by atoms with Gasteiger partial charge in [0, 0.05) is 38.0 Å². The molecule has 1 unspecified atom stereocenters. The highest BCUT2D eigenvalue weighted by atomic mass is 32.2. The molecule has 0 amide bonds. The number of ether oxygens (including phenoxy) is 1. The average Bonchev–Trinajstić information content (AvgIpc) is 2.98. The maximum atomic E-state index is 11.9. The molecule has 0 spiro atoms. The Bertz CT molecular complexity index is 578. The van der Waals surface area contributed by atoms with Gasteiger partial charge in [-0.15, -0.1) is 0 Å². The second-order valence-corrected chi connectivity index (χ2v) is 8.08. The summed E-state index contributed by atoms with van der Waals surface area (Å²) in [5.41, 5.74) is 0.786. The first-order valence-corrected chi connectivity index (χ1v) is 9.50. The van der Waals surface area contributed by atoms with Crippen LogP contribution in [0.1, 0.15) is 37.3 Å². The number of piperidine rings is 1. The first-order chi connectivity index (χ1) is 10.1. The van der Waals surface area contributed by atoms with Crippen molar-refractivity contribution < 1.29 is 13.2 Å². The van der Waals surface area contributed by atoms with Crippen LogP contribution in [0.3, 0.4) is 0 Å². The third kappa shape index (κ3) is 3.30. The summed E-state index contributed by atoms with van der Waals surface area (Å²) >= 11 is 0. The van der Waals surface area contributed by atoms with Crippen LogP contribution in [0.25, 0.3) is 0 Å². The normalized spacial score (nSPS) is 26.0. The van der Waals surface area contributed by atoms with Crippen molar-refractivity contribution in [3.63, 3.8) is 0 Å². The van der Waals surface area contributed by atoms with Crippen LogP contribution in [0.5, 0.6) is 0 Å². The van der Waals surface area contributed by atoms with Gasteiger partial charge in [0.1, 0.15) is 4.90 Å². The summed E-state index contributed by atoms with van der Waals surface area (Å²) in [4.78, 5) is 2.87. The quantitative estimate of drug-likeness (QED) is 0.906. The Kier molecular flexibility index (Phi) is 4.33. The molecule has 0 aromatic carbocycles. The number of aromatic nitrogens is 2. The van der Waals surface area contributed by atoms with Crippen molar-refractivity contribution in [2.45, 2.75) is 42.5 Å². The summed E-state index contributed by atoms with van der Waals surface area (Å²) in [7, 11) is -3.21. The summed E-state index contributed by atoms with van der Waals surface area (Å²) in [6.07, 6.45) is 6.97. The Hall–Kier alpha value is -0.920. The van der Waals surface area contributed by atoms with Gasteiger partial charge in [-0.2, -0.15) is 5.10 Å². The topological polar surface area (TPSA) is 75.3 Å². The first-order valence-electron chi connectivity index (χ1n) is 7.61. The van der Waals surface area contributed by atoms with Gasteiger partial charge in [-0.1, -0.05) is 0 Å². The molecule has 21 heavy (non-hydrogen) atoms. The van der Waals surface area contributed by atoms with Crippen molar-refractivity contribution in [1.29, 1.82) is 0 Å². The van der Waals surface area contributed by atoms with Crippen LogP contribution in [0.2, 0.25) is 0 Å². The van der Waals surface area contributed by atoms with Gasteiger partial charge in [-0.25, -0.2) is 8.42 Å². The molecule has 2 fully saturated rings. The monoisotopic (exact) mass is 313 g/mol. The molecule has 3 rings (SSSR count). The van der Waals surface area contributed by atoms with Crippen molar-refractivity contribution in [1.82, 2.24) is 15.1 Å².